The topological polar surface area (TPSA) is 84.8 Å². The number of nitrogens with zero attached hydrogens (tertiary/aromatic N) is 3. The van der Waals surface area contributed by atoms with E-state index in [0.29, 0.717) is 5.39 Å². The molecule has 0 saturated carbocycles. The molecule has 2 aromatic heterocycles. The molecule has 1 N–H and O–H groups in total. The third-order valence-electron chi connectivity index (χ3n) is 2.80. The normalized spacial score (nSPS) is 11.5. The molecule has 1 aromatic carbocycles. The van der Waals surface area contributed by atoms with Crippen LogP contribution in [0.5, 0.6) is 0 Å². The lowest BCUT2D eigenvalue weighted by Crippen LogP contribution is -2.14. The summed E-state index contributed by atoms with van der Waals surface area (Å²) in [4.78, 5) is 4.13. The van der Waals surface area contributed by atoms with Gasteiger partial charge in [0.05, 0.1) is 4.90 Å². The van der Waals surface area contributed by atoms with Gasteiger partial charge in [0.15, 0.2) is 11.0 Å². The molecule has 3 aromatic rings. The first-order chi connectivity index (χ1) is 10.1. The summed E-state index contributed by atoms with van der Waals surface area (Å²) in [6.07, 6.45) is 3.15. The molecule has 0 aliphatic heterocycles. The molecule has 0 atom stereocenters. The number of halogens is 1. The van der Waals surface area contributed by atoms with Gasteiger partial charge >= 0.3 is 0 Å². The molecule has 0 fully saturated rings. The van der Waals surface area contributed by atoms with Crippen molar-refractivity contribution in [1.82, 2.24) is 15.2 Å². The summed E-state index contributed by atoms with van der Waals surface area (Å²) in [6.45, 7) is 0. The summed E-state index contributed by atoms with van der Waals surface area (Å²) >= 11 is 5.62. The molecule has 3 rings (SSSR count). The van der Waals surface area contributed by atoms with Crippen molar-refractivity contribution in [1.29, 1.82) is 0 Å². The first-order valence-electron chi connectivity index (χ1n) is 5.91. The maximum atomic E-state index is 12.5. The molecular formula is C13H9ClN4O2S. The Morgan fingerprint density at radius 1 is 1.05 bits per heavy atom. The highest BCUT2D eigenvalue weighted by Crippen LogP contribution is 2.23. The minimum Gasteiger partial charge on any atom is -0.264 e. The zero-order valence-electron chi connectivity index (χ0n) is 10.6. The van der Waals surface area contributed by atoms with Crippen LogP contribution in [0.1, 0.15) is 0 Å². The molecule has 0 unspecified atom stereocenters. The van der Waals surface area contributed by atoms with Crippen molar-refractivity contribution < 1.29 is 8.42 Å². The Morgan fingerprint density at radius 3 is 2.67 bits per heavy atom. The fourth-order valence-corrected chi connectivity index (χ4v) is 3.22. The molecular weight excluding hydrogens is 312 g/mol. The van der Waals surface area contributed by atoms with Gasteiger partial charge in [-0.1, -0.05) is 23.7 Å². The molecule has 106 valence electrons. The van der Waals surface area contributed by atoms with E-state index >= 15 is 0 Å². The van der Waals surface area contributed by atoms with Gasteiger partial charge < -0.3 is 0 Å². The van der Waals surface area contributed by atoms with Gasteiger partial charge in [-0.2, -0.15) is 0 Å². The summed E-state index contributed by atoms with van der Waals surface area (Å²) < 4.78 is 27.3. The first kappa shape index (κ1) is 13.7. The lowest BCUT2D eigenvalue weighted by molar-refractivity contribution is 0.601. The summed E-state index contributed by atoms with van der Waals surface area (Å²) in [5, 5.41) is 8.79. The number of rotatable bonds is 3. The van der Waals surface area contributed by atoms with Gasteiger partial charge in [-0.25, -0.2) is 8.42 Å². The highest BCUT2D eigenvalue weighted by molar-refractivity contribution is 7.93. The average molecular weight is 321 g/mol. The van der Waals surface area contributed by atoms with Crippen molar-refractivity contribution >= 4 is 38.2 Å². The quantitative estimate of drug-likeness (QED) is 0.801. The van der Waals surface area contributed by atoms with Crippen molar-refractivity contribution in [3.63, 3.8) is 0 Å². The van der Waals surface area contributed by atoms with Crippen molar-refractivity contribution in [2.45, 2.75) is 4.90 Å². The Morgan fingerprint density at radius 2 is 1.90 bits per heavy atom. The molecule has 0 amide bonds. The minimum absolute atomic E-state index is 0.102. The number of pyridine rings is 1. The van der Waals surface area contributed by atoms with Gasteiger partial charge in [-0.05, 0) is 24.3 Å². The van der Waals surface area contributed by atoms with Crippen molar-refractivity contribution in [2.75, 3.05) is 4.72 Å². The first-order valence-corrected chi connectivity index (χ1v) is 7.77. The van der Waals surface area contributed by atoms with Crippen LogP contribution in [0.4, 0.5) is 5.82 Å². The molecule has 0 aliphatic rings. The molecule has 0 bridgehead atoms. The van der Waals surface area contributed by atoms with E-state index in [1.807, 2.05) is 0 Å². The van der Waals surface area contributed by atoms with Gasteiger partial charge in [0.1, 0.15) is 0 Å². The van der Waals surface area contributed by atoms with Crippen molar-refractivity contribution in [3.05, 3.63) is 53.9 Å². The van der Waals surface area contributed by atoms with Gasteiger partial charge in [-0.3, -0.25) is 9.71 Å². The largest absolute Gasteiger partial charge is 0.264 e. The Hall–Kier alpha value is -2.25. The van der Waals surface area contributed by atoms with Crippen LogP contribution in [-0.2, 0) is 10.0 Å². The number of nitrogens with one attached hydrogen (secondary N) is 1. The van der Waals surface area contributed by atoms with E-state index in [0.717, 1.165) is 5.39 Å². The molecule has 0 saturated heterocycles. The van der Waals surface area contributed by atoms with Crippen LogP contribution >= 0.6 is 11.6 Å². The van der Waals surface area contributed by atoms with E-state index in [-0.39, 0.29) is 15.9 Å². The number of sulfonamides is 1. The molecule has 21 heavy (non-hydrogen) atoms. The van der Waals surface area contributed by atoms with Crippen molar-refractivity contribution in [3.8, 4) is 0 Å². The maximum absolute atomic E-state index is 12.5. The number of anilines is 1. The summed E-state index contributed by atoms with van der Waals surface area (Å²) in [5.41, 5.74) is 0. The SMILES string of the molecule is O=S(=O)(Nc1ccc(Cl)nn1)c1cccc2cnccc12. The fourth-order valence-electron chi connectivity index (χ4n) is 1.89. The highest BCUT2D eigenvalue weighted by atomic mass is 35.5. The zero-order valence-corrected chi connectivity index (χ0v) is 12.1. The smallest absolute Gasteiger partial charge is 0.263 e. The Kier molecular flexibility index (Phi) is 3.44. The maximum Gasteiger partial charge on any atom is 0.263 e. The van der Waals surface area contributed by atoms with E-state index in [1.54, 1.807) is 30.6 Å². The molecule has 6 nitrogen and oxygen atoms in total. The number of hydrogen-bond donors (Lipinski definition) is 1. The Bertz CT molecular complexity index is 892. The van der Waals surface area contributed by atoms with Crippen LogP contribution in [0.15, 0.2) is 53.7 Å². The zero-order chi connectivity index (χ0) is 14.9. The number of benzene rings is 1. The van der Waals surface area contributed by atoms with E-state index in [1.165, 1.54) is 18.2 Å². The second-order valence-electron chi connectivity index (χ2n) is 4.20. The second kappa shape index (κ2) is 5.27. The minimum atomic E-state index is -3.78. The van der Waals surface area contributed by atoms with Gasteiger partial charge in [0, 0.05) is 23.2 Å². The lowest BCUT2D eigenvalue weighted by atomic mass is 10.2. The van der Waals surface area contributed by atoms with Crippen LogP contribution in [0.3, 0.4) is 0 Å². The van der Waals surface area contributed by atoms with Crippen LogP contribution in [0, 0.1) is 0 Å². The molecule has 0 radical (unpaired) electrons. The summed E-state index contributed by atoms with van der Waals surface area (Å²) in [5.74, 6) is 0.102. The molecule has 0 spiro atoms. The predicted octanol–water partition coefficient (Wildman–Crippen LogP) is 2.48. The summed E-state index contributed by atoms with van der Waals surface area (Å²) in [7, 11) is -3.78. The van der Waals surface area contributed by atoms with E-state index in [2.05, 4.69) is 19.9 Å². The molecule has 0 aliphatic carbocycles. The fraction of sp³-hybridized carbons (Fsp3) is 0. The standard InChI is InChI=1S/C13H9ClN4O2S/c14-12-4-5-13(17-16-12)18-21(19,20)11-3-1-2-9-8-15-7-6-10(9)11/h1-8H,(H,17,18). The highest BCUT2D eigenvalue weighted by Gasteiger charge is 2.18. The third-order valence-corrected chi connectivity index (χ3v) is 4.42. The number of aromatic nitrogens is 3. The van der Waals surface area contributed by atoms with Gasteiger partial charge in [-0.15, -0.1) is 10.2 Å². The number of fused-ring (bicyclic) bond motifs is 1. The average Bonchev–Trinajstić information content (AvgIpc) is 2.49. The molecule has 2 heterocycles. The van der Waals surface area contributed by atoms with E-state index in [4.69, 9.17) is 11.6 Å². The predicted molar refractivity (Wildman–Crippen MR) is 79.6 cm³/mol. The van der Waals surface area contributed by atoms with Crippen LogP contribution in [0.25, 0.3) is 10.8 Å². The van der Waals surface area contributed by atoms with Gasteiger partial charge in [0.25, 0.3) is 10.0 Å². The molecule has 8 heteroatoms. The van der Waals surface area contributed by atoms with Crippen LogP contribution < -0.4 is 4.72 Å². The monoisotopic (exact) mass is 320 g/mol. The van der Waals surface area contributed by atoms with E-state index < -0.39 is 10.0 Å². The number of hydrogen-bond acceptors (Lipinski definition) is 5. The second-order valence-corrected chi connectivity index (χ2v) is 6.24. The Labute approximate surface area is 125 Å². The van der Waals surface area contributed by atoms with Crippen LogP contribution in [-0.4, -0.2) is 23.6 Å². The third kappa shape index (κ3) is 2.79. The Balaban J connectivity index is 2.06. The van der Waals surface area contributed by atoms with Crippen LogP contribution in [0.2, 0.25) is 5.15 Å². The van der Waals surface area contributed by atoms with Gasteiger partial charge in [0.2, 0.25) is 0 Å². The van der Waals surface area contributed by atoms with E-state index in [9.17, 15) is 8.42 Å². The van der Waals surface area contributed by atoms with Crippen molar-refractivity contribution in [2.24, 2.45) is 0 Å². The summed E-state index contributed by atoms with van der Waals surface area (Å²) in [6, 6.07) is 9.53. The lowest BCUT2D eigenvalue weighted by Gasteiger charge is -2.09.